The van der Waals surface area contributed by atoms with Gasteiger partial charge in [-0.05, 0) is 35.7 Å². The van der Waals surface area contributed by atoms with Crippen molar-refractivity contribution in [3.63, 3.8) is 0 Å². The van der Waals surface area contributed by atoms with Crippen LogP contribution in [0.1, 0.15) is 31.1 Å². The molecule has 5 aromatic rings. The summed E-state index contributed by atoms with van der Waals surface area (Å²) < 4.78 is 6.20. The van der Waals surface area contributed by atoms with E-state index >= 15 is 0 Å². The van der Waals surface area contributed by atoms with Crippen molar-refractivity contribution in [1.29, 1.82) is 0 Å². The van der Waals surface area contributed by atoms with Crippen molar-refractivity contribution in [1.82, 2.24) is 0 Å². The molecule has 0 amide bonds. The minimum absolute atomic E-state index is 0.0420. The predicted molar refractivity (Wildman–Crippen MR) is 140 cm³/mol. The summed E-state index contributed by atoms with van der Waals surface area (Å²) in [6.07, 6.45) is 3.13. The van der Waals surface area contributed by atoms with E-state index in [-0.39, 0.29) is 5.75 Å². The van der Waals surface area contributed by atoms with Gasteiger partial charge in [0.1, 0.15) is 11.3 Å². The van der Waals surface area contributed by atoms with Crippen molar-refractivity contribution in [3.05, 3.63) is 108 Å². The second-order valence-corrected chi connectivity index (χ2v) is 8.59. The fourth-order valence-corrected chi connectivity index (χ4v) is 4.47. The summed E-state index contributed by atoms with van der Waals surface area (Å²) >= 11 is 0. The first-order chi connectivity index (χ1) is 16.7. The van der Waals surface area contributed by atoms with E-state index in [4.69, 9.17) is 4.42 Å². The molecule has 0 saturated carbocycles. The van der Waals surface area contributed by atoms with Crippen LogP contribution in [0.25, 0.3) is 33.2 Å². The van der Waals surface area contributed by atoms with Crippen molar-refractivity contribution >= 4 is 16.7 Å². The first-order valence-electron chi connectivity index (χ1n) is 11.9. The molecule has 1 radical (unpaired) electrons. The van der Waals surface area contributed by atoms with E-state index in [9.17, 15) is 5.11 Å². The molecule has 4 aromatic carbocycles. The van der Waals surface area contributed by atoms with Gasteiger partial charge >= 0.3 is 0 Å². The van der Waals surface area contributed by atoms with E-state index < -0.39 is 0 Å². The highest BCUT2D eigenvalue weighted by Gasteiger charge is 2.17. The largest absolute Gasteiger partial charge is 0.461 e. The molecule has 34 heavy (non-hydrogen) atoms. The van der Waals surface area contributed by atoms with Crippen LogP contribution in [0, 0.1) is 0 Å². The van der Waals surface area contributed by atoms with E-state index in [2.05, 4.69) is 24.4 Å². The molecule has 0 saturated heterocycles. The van der Waals surface area contributed by atoms with Gasteiger partial charge in [-0.3, -0.25) is 5.11 Å². The molecular formula is C31H28NO2. The maximum Gasteiger partial charge on any atom is 0.194 e. The number of fused-ring (bicyclic) bond motifs is 1. The van der Waals surface area contributed by atoms with E-state index in [0.29, 0.717) is 17.7 Å². The molecule has 1 aromatic heterocycles. The van der Waals surface area contributed by atoms with Gasteiger partial charge in [-0.25, -0.2) is 0 Å². The molecule has 0 atom stereocenters. The number of benzene rings is 4. The highest BCUT2D eigenvalue weighted by atomic mass is 16.3. The Bertz CT molecular complexity index is 1330. The summed E-state index contributed by atoms with van der Waals surface area (Å²) in [6.45, 7) is 2.83. The predicted octanol–water partition coefficient (Wildman–Crippen LogP) is 8.87. The Balaban J connectivity index is 1.55. The summed E-state index contributed by atoms with van der Waals surface area (Å²) in [5, 5.41) is 18.2. The molecule has 0 aliphatic carbocycles. The second-order valence-electron chi connectivity index (χ2n) is 8.59. The molecule has 169 valence electrons. The van der Waals surface area contributed by atoms with Crippen molar-refractivity contribution in [2.45, 2.75) is 32.7 Å². The normalized spacial score (nSPS) is 11.1. The maximum absolute atomic E-state index is 13.5. The second kappa shape index (κ2) is 9.88. The van der Waals surface area contributed by atoms with Crippen LogP contribution in [0.3, 0.4) is 0 Å². The van der Waals surface area contributed by atoms with E-state index in [0.717, 1.165) is 52.8 Å². The molecule has 0 aliphatic rings. The molecule has 0 spiro atoms. The van der Waals surface area contributed by atoms with Crippen LogP contribution in [0.5, 0.6) is 5.75 Å². The Morgan fingerprint density at radius 1 is 0.765 bits per heavy atom. The number of aryl methyl sites for hydroxylation is 1. The molecule has 0 aliphatic heterocycles. The lowest BCUT2D eigenvalue weighted by Crippen LogP contribution is -2.02. The lowest BCUT2D eigenvalue weighted by Gasteiger charge is -2.14. The molecule has 1 N–H and O–H groups in total. The smallest absolute Gasteiger partial charge is 0.194 e. The standard InChI is InChI=1S/C31H28NO2/c1-2-3-17-30-28(25-16-10-11-18-29(25)34-30)21-32-24-19-26(22-12-6-4-7-13-22)31(33)27(20-24)23-14-8-5-9-15-23/h4-16,18-20,32H,2-3,17,21H2,1H3. The van der Waals surface area contributed by atoms with Crippen LogP contribution < -0.4 is 5.32 Å². The fraction of sp³-hybridized carbons (Fsp3) is 0.161. The molecule has 3 heteroatoms. The SMILES string of the molecule is CCCCc1oc2ccccc2c1CNc1cc(-c2ccccc2)c([O])c(-c2ccccc2)c1. The van der Waals surface area contributed by atoms with Crippen LogP contribution in [0.15, 0.2) is 101 Å². The first-order valence-corrected chi connectivity index (χ1v) is 11.9. The van der Waals surface area contributed by atoms with Gasteiger partial charge in [0.05, 0.1) is 0 Å². The topological polar surface area (TPSA) is 45.1 Å². The summed E-state index contributed by atoms with van der Waals surface area (Å²) in [6, 6.07) is 31.9. The number of unbranched alkanes of at least 4 members (excludes halogenated alkanes) is 1. The van der Waals surface area contributed by atoms with Crippen LogP contribution >= 0.6 is 0 Å². The van der Waals surface area contributed by atoms with Gasteiger partial charge < -0.3 is 9.73 Å². The zero-order valence-corrected chi connectivity index (χ0v) is 19.4. The van der Waals surface area contributed by atoms with Crippen molar-refractivity contribution in [3.8, 4) is 28.0 Å². The Morgan fingerprint density at radius 2 is 1.35 bits per heavy atom. The molecular weight excluding hydrogens is 418 g/mol. The summed E-state index contributed by atoms with van der Waals surface area (Å²) in [5.41, 5.74) is 6.29. The van der Waals surface area contributed by atoms with Crippen molar-refractivity contribution in [2.24, 2.45) is 0 Å². The molecule has 0 fully saturated rings. The van der Waals surface area contributed by atoms with Crippen LogP contribution in [0.2, 0.25) is 0 Å². The zero-order valence-electron chi connectivity index (χ0n) is 19.4. The Morgan fingerprint density at radius 3 is 1.97 bits per heavy atom. The number of hydrogen-bond donors (Lipinski definition) is 1. The lowest BCUT2D eigenvalue weighted by atomic mass is 9.96. The summed E-state index contributed by atoms with van der Waals surface area (Å²) in [5.74, 6) is 1.09. The van der Waals surface area contributed by atoms with Gasteiger partial charge in [-0.15, -0.1) is 0 Å². The Labute approximate surface area is 200 Å². The molecule has 3 nitrogen and oxygen atoms in total. The minimum Gasteiger partial charge on any atom is -0.461 e. The quantitative estimate of drug-likeness (QED) is 0.259. The fourth-order valence-electron chi connectivity index (χ4n) is 4.47. The van der Waals surface area contributed by atoms with Gasteiger partial charge in [-0.1, -0.05) is 92.2 Å². The molecule has 0 bridgehead atoms. The zero-order chi connectivity index (χ0) is 23.3. The van der Waals surface area contributed by atoms with Crippen molar-refractivity contribution in [2.75, 3.05) is 5.32 Å². The van der Waals surface area contributed by atoms with Crippen LogP contribution in [0.4, 0.5) is 5.69 Å². The third-order valence-corrected chi connectivity index (χ3v) is 6.27. The number of anilines is 1. The third kappa shape index (κ3) is 4.42. The van der Waals surface area contributed by atoms with E-state index in [1.807, 2.05) is 84.9 Å². The average Bonchev–Trinajstić information content (AvgIpc) is 3.25. The van der Waals surface area contributed by atoms with E-state index in [1.54, 1.807) is 0 Å². The van der Waals surface area contributed by atoms with Crippen LogP contribution in [-0.4, -0.2) is 0 Å². The third-order valence-electron chi connectivity index (χ3n) is 6.27. The minimum atomic E-state index is 0.0420. The monoisotopic (exact) mass is 446 g/mol. The van der Waals surface area contributed by atoms with E-state index in [1.165, 1.54) is 5.56 Å². The van der Waals surface area contributed by atoms with Gasteiger partial charge in [0, 0.05) is 40.7 Å². The van der Waals surface area contributed by atoms with Gasteiger partial charge in [0.2, 0.25) is 0 Å². The number of hydrogen-bond acceptors (Lipinski definition) is 2. The molecule has 1 heterocycles. The number of nitrogens with one attached hydrogen (secondary N) is 1. The number of para-hydroxylation sites is 1. The first kappa shape index (κ1) is 21.8. The van der Waals surface area contributed by atoms with Crippen LogP contribution in [-0.2, 0) is 18.1 Å². The highest BCUT2D eigenvalue weighted by molar-refractivity contribution is 5.86. The summed E-state index contributed by atoms with van der Waals surface area (Å²) in [7, 11) is 0. The summed E-state index contributed by atoms with van der Waals surface area (Å²) in [4.78, 5) is 0. The highest BCUT2D eigenvalue weighted by Crippen LogP contribution is 2.41. The van der Waals surface area contributed by atoms with Gasteiger partial charge in [0.25, 0.3) is 0 Å². The average molecular weight is 447 g/mol. The lowest BCUT2D eigenvalue weighted by molar-refractivity contribution is 0.358. The number of rotatable bonds is 8. The number of furan rings is 1. The van der Waals surface area contributed by atoms with Crippen molar-refractivity contribution < 1.29 is 9.52 Å². The Hall–Kier alpha value is -3.98. The molecule has 5 rings (SSSR count). The maximum atomic E-state index is 13.5. The molecule has 0 unspecified atom stereocenters. The Kier molecular flexibility index (Phi) is 6.35. The van der Waals surface area contributed by atoms with Gasteiger partial charge in [0.15, 0.2) is 5.75 Å². The van der Waals surface area contributed by atoms with Gasteiger partial charge in [-0.2, -0.15) is 0 Å².